The van der Waals surface area contributed by atoms with Crippen molar-refractivity contribution in [1.82, 2.24) is 5.32 Å². The summed E-state index contributed by atoms with van der Waals surface area (Å²) in [6.07, 6.45) is 0.603. The van der Waals surface area contributed by atoms with E-state index in [1.807, 2.05) is 58.0 Å². The first-order valence-corrected chi connectivity index (χ1v) is 8.88. The molecule has 0 aliphatic carbocycles. The number of rotatable bonds is 3. The first-order chi connectivity index (χ1) is 12.3. The Morgan fingerprint density at radius 2 is 1.77 bits per heavy atom. The van der Waals surface area contributed by atoms with Crippen LogP contribution in [0.2, 0.25) is 0 Å². The van der Waals surface area contributed by atoms with Crippen LogP contribution in [0.5, 0.6) is 0 Å². The third-order valence-corrected chi connectivity index (χ3v) is 4.88. The van der Waals surface area contributed by atoms with E-state index in [-0.39, 0.29) is 11.9 Å². The molecule has 1 fully saturated rings. The first-order valence-electron chi connectivity index (χ1n) is 8.88. The van der Waals surface area contributed by atoms with Gasteiger partial charge in [0.25, 0.3) is 0 Å². The molecule has 1 heterocycles. The van der Waals surface area contributed by atoms with E-state index in [1.165, 1.54) is 0 Å². The van der Waals surface area contributed by atoms with Gasteiger partial charge in [0.05, 0.1) is 0 Å². The molecule has 5 heteroatoms. The summed E-state index contributed by atoms with van der Waals surface area (Å²) in [4.78, 5) is 26.8. The number of urea groups is 1. The lowest BCUT2D eigenvalue weighted by molar-refractivity contribution is -0.118. The van der Waals surface area contributed by atoms with E-state index >= 15 is 0 Å². The second kappa shape index (κ2) is 7.20. The molecule has 2 aromatic carbocycles. The summed E-state index contributed by atoms with van der Waals surface area (Å²) >= 11 is 0. The summed E-state index contributed by atoms with van der Waals surface area (Å²) in [5.74, 6) is -0.0638. The molecule has 136 valence electrons. The maximum Gasteiger partial charge on any atom is 0.319 e. The molecule has 3 amide bonds. The highest BCUT2D eigenvalue weighted by atomic mass is 16.2. The number of amides is 3. The molecule has 0 saturated carbocycles. The number of hydrogen-bond donors (Lipinski definition) is 2. The van der Waals surface area contributed by atoms with Crippen LogP contribution in [0.1, 0.15) is 28.7 Å². The van der Waals surface area contributed by atoms with Crippen molar-refractivity contribution in [3.63, 3.8) is 0 Å². The van der Waals surface area contributed by atoms with Gasteiger partial charge in [0.2, 0.25) is 5.91 Å². The number of nitrogens with one attached hydrogen (secondary N) is 2. The van der Waals surface area contributed by atoms with Crippen LogP contribution in [-0.2, 0) is 4.79 Å². The minimum atomic E-state index is -0.499. The van der Waals surface area contributed by atoms with Gasteiger partial charge in [-0.3, -0.25) is 4.79 Å². The molecule has 0 aromatic heterocycles. The zero-order chi connectivity index (χ0) is 18.8. The first kappa shape index (κ1) is 18.0. The lowest BCUT2D eigenvalue weighted by Crippen LogP contribution is -2.43. The van der Waals surface area contributed by atoms with Gasteiger partial charge in [-0.25, -0.2) is 4.79 Å². The second-order valence-corrected chi connectivity index (χ2v) is 7.02. The van der Waals surface area contributed by atoms with Gasteiger partial charge in [0.1, 0.15) is 6.04 Å². The van der Waals surface area contributed by atoms with E-state index in [2.05, 4.69) is 16.7 Å². The summed E-state index contributed by atoms with van der Waals surface area (Å²) < 4.78 is 0. The average molecular weight is 351 g/mol. The number of nitrogens with zero attached hydrogens (tertiary/aromatic N) is 1. The Bertz CT molecular complexity index is 840. The highest BCUT2D eigenvalue weighted by molar-refractivity contribution is 6.02. The largest absolute Gasteiger partial charge is 0.326 e. The molecule has 2 aromatic rings. The standard InChI is InChI=1S/C21H25N3O2/c1-13-10-14(2)12-17(11-13)24-9-8-19(20(24)25)23-21(26)22-18-7-5-6-15(3)16(18)4/h5-7,10-12,19H,8-9H2,1-4H3,(H2,22,23,26). The summed E-state index contributed by atoms with van der Waals surface area (Å²) in [6, 6.07) is 11.0. The molecule has 5 nitrogen and oxygen atoms in total. The summed E-state index contributed by atoms with van der Waals surface area (Å²) in [5.41, 5.74) is 6.04. The van der Waals surface area contributed by atoms with E-state index in [9.17, 15) is 9.59 Å². The normalized spacial score (nSPS) is 16.7. The molecule has 1 saturated heterocycles. The van der Waals surface area contributed by atoms with Crippen molar-refractivity contribution in [1.29, 1.82) is 0 Å². The SMILES string of the molecule is Cc1cc(C)cc(N2CCC(NC(=O)Nc3cccc(C)c3C)C2=O)c1. The Morgan fingerprint density at radius 3 is 2.46 bits per heavy atom. The second-order valence-electron chi connectivity index (χ2n) is 7.02. The fraction of sp³-hybridized carbons (Fsp3) is 0.333. The zero-order valence-electron chi connectivity index (χ0n) is 15.7. The lowest BCUT2D eigenvalue weighted by atomic mass is 10.1. The number of hydrogen-bond acceptors (Lipinski definition) is 2. The molecule has 0 spiro atoms. The number of carbonyl (C=O) groups is 2. The maximum absolute atomic E-state index is 12.7. The minimum absolute atomic E-state index is 0.0638. The van der Waals surface area contributed by atoms with Crippen molar-refractivity contribution in [2.45, 2.75) is 40.2 Å². The number of carbonyl (C=O) groups excluding carboxylic acids is 2. The molecule has 2 N–H and O–H groups in total. The van der Waals surface area contributed by atoms with Gasteiger partial charge in [-0.2, -0.15) is 0 Å². The fourth-order valence-electron chi connectivity index (χ4n) is 3.38. The van der Waals surface area contributed by atoms with Crippen LogP contribution in [0.15, 0.2) is 36.4 Å². The van der Waals surface area contributed by atoms with Crippen molar-refractivity contribution in [3.8, 4) is 0 Å². The molecular weight excluding hydrogens is 326 g/mol. The van der Waals surface area contributed by atoms with Crippen LogP contribution in [-0.4, -0.2) is 24.5 Å². The molecule has 1 aliphatic rings. The number of benzene rings is 2. The van der Waals surface area contributed by atoms with Crippen molar-refractivity contribution in [2.24, 2.45) is 0 Å². The summed E-state index contributed by atoms with van der Waals surface area (Å²) in [5, 5.41) is 5.66. The zero-order valence-corrected chi connectivity index (χ0v) is 15.7. The van der Waals surface area contributed by atoms with Gasteiger partial charge >= 0.3 is 6.03 Å². The lowest BCUT2D eigenvalue weighted by Gasteiger charge is -2.19. The summed E-state index contributed by atoms with van der Waals surface area (Å²) in [6.45, 7) is 8.61. The Hall–Kier alpha value is -2.82. The topological polar surface area (TPSA) is 61.4 Å². The van der Waals surface area contributed by atoms with Crippen molar-refractivity contribution in [2.75, 3.05) is 16.8 Å². The molecule has 0 bridgehead atoms. The van der Waals surface area contributed by atoms with Gasteiger partial charge in [-0.15, -0.1) is 0 Å². The molecule has 3 rings (SSSR count). The Morgan fingerprint density at radius 1 is 1.08 bits per heavy atom. The molecule has 1 unspecified atom stereocenters. The van der Waals surface area contributed by atoms with Crippen molar-refractivity contribution in [3.05, 3.63) is 58.7 Å². The summed E-state index contributed by atoms with van der Waals surface area (Å²) in [7, 11) is 0. The Balaban J connectivity index is 1.67. The van der Waals surface area contributed by atoms with Crippen LogP contribution >= 0.6 is 0 Å². The highest BCUT2D eigenvalue weighted by Crippen LogP contribution is 2.24. The van der Waals surface area contributed by atoms with Crippen molar-refractivity contribution < 1.29 is 9.59 Å². The van der Waals surface area contributed by atoms with Gasteiger partial charge in [0.15, 0.2) is 0 Å². The Labute approximate surface area is 154 Å². The van der Waals surface area contributed by atoms with Crippen LogP contribution in [0.25, 0.3) is 0 Å². The van der Waals surface area contributed by atoms with Crippen LogP contribution < -0.4 is 15.5 Å². The quantitative estimate of drug-likeness (QED) is 0.882. The van der Waals surface area contributed by atoms with Crippen LogP contribution in [0, 0.1) is 27.7 Å². The number of aryl methyl sites for hydroxylation is 3. The van der Waals surface area contributed by atoms with E-state index in [0.29, 0.717) is 13.0 Å². The van der Waals surface area contributed by atoms with Crippen LogP contribution in [0.4, 0.5) is 16.2 Å². The molecular formula is C21H25N3O2. The molecule has 1 atom stereocenters. The molecule has 0 radical (unpaired) electrons. The molecule has 1 aliphatic heterocycles. The van der Waals surface area contributed by atoms with Crippen molar-refractivity contribution >= 4 is 23.3 Å². The predicted octanol–water partition coefficient (Wildman–Crippen LogP) is 3.85. The monoisotopic (exact) mass is 351 g/mol. The Kier molecular flexibility index (Phi) is 4.98. The van der Waals surface area contributed by atoms with E-state index in [4.69, 9.17) is 0 Å². The average Bonchev–Trinajstić information content (AvgIpc) is 2.92. The third-order valence-electron chi connectivity index (χ3n) is 4.88. The van der Waals surface area contributed by atoms with E-state index in [0.717, 1.165) is 33.6 Å². The van der Waals surface area contributed by atoms with E-state index < -0.39 is 6.04 Å². The van der Waals surface area contributed by atoms with Crippen LogP contribution in [0.3, 0.4) is 0 Å². The maximum atomic E-state index is 12.7. The van der Waals surface area contributed by atoms with Gasteiger partial charge in [-0.1, -0.05) is 18.2 Å². The van der Waals surface area contributed by atoms with Gasteiger partial charge < -0.3 is 15.5 Å². The molecule has 26 heavy (non-hydrogen) atoms. The van der Waals surface area contributed by atoms with Gasteiger partial charge in [-0.05, 0) is 74.6 Å². The van der Waals surface area contributed by atoms with E-state index in [1.54, 1.807) is 4.90 Å². The van der Waals surface area contributed by atoms with Gasteiger partial charge in [0, 0.05) is 17.9 Å². The fourth-order valence-corrected chi connectivity index (χ4v) is 3.38. The smallest absolute Gasteiger partial charge is 0.319 e. The third kappa shape index (κ3) is 3.72. The number of anilines is 2. The predicted molar refractivity (Wildman–Crippen MR) is 105 cm³/mol. The highest BCUT2D eigenvalue weighted by Gasteiger charge is 2.33. The minimum Gasteiger partial charge on any atom is -0.326 e.